The molecule has 25 heavy (non-hydrogen) atoms. The zero-order chi connectivity index (χ0) is 17.6. The van der Waals surface area contributed by atoms with Gasteiger partial charge in [-0.05, 0) is 36.8 Å². The van der Waals surface area contributed by atoms with Gasteiger partial charge in [0, 0.05) is 19.3 Å². The Bertz CT molecular complexity index is 1000. The van der Waals surface area contributed by atoms with Gasteiger partial charge in [0.2, 0.25) is 0 Å². The number of hydrogen-bond donors (Lipinski definition) is 2. The van der Waals surface area contributed by atoms with E-state index in [-0.39, 0.29) is 11.5 Å². The Morgan fingerprint density at radius 1 is 1.36 bits per heavy atom. The van der Waals surface area contributed by atoms with Crippen molar-refractivity contribution in [1.29, 1.82) is 0 Å². The monoisotopic (exact) mass is 336 g/mol. The molecule has 0 radical (unpaired) electrons. The Balaban J connectivity index is 1.51. The van der Waals surface area contributed by atoms with Crippen LogP contribution in [0.3, 0.4) is 0 Å². The van der Waals surface area contributed by atoms with Crippen LogP contribution in [0, 0.1) is 12.8 Å². The molecule has 6 heteroatoms. The van der Waals surface area contributed by atoms with Crippen LogP contribution in [0.2, 0.25) is 0 Å². The first-order valence-corrected chi connectivity index (χ1v) is 8.44. The van der Waals surface area contributed by atoms with Crippen LogP contribution in [0.4, 0.5) is 0 Å². The lowest BCUT2D eigenvalue weighted by atomic mass is 10.1. The summed E-state index contributed by atoms with van der Waals surface area (Å²) in [6.07, 6.45) is 1.08. The molecule has 2 N–H and O–H groups in total. The van der Waals surface area contributed by atoms with Gasteiger partial charge in [0.15, 0.2) is 5.65 Å². The van der Waals surface area contributed by atoms with Gasteiger partial charge in [0.05, 0.1) is 10.9 Å². The summed E-state index contributed by atoms with van der Waals surface area (Å²) in [6, 6.07) is 12.0. The molecule has 2 atom stereocenters. The molecule has 6 nitrogen and oxygen atoms in total. The molecule has 4 rings (SSSR count). The van der Waals surface area contributed by atoms with Gasteiger partial charge in [0.25, 0.3) is 11.5 Å². The molecule has 1 aromatic carbocycles. The highest BCUT2D eigenvalue weighted by Crippen LogP contribution is 2.46. The van der Waals surface area contributed by atoms with E-state index in [0.29, 0.717) is 40.7 Å². The molecule has 1 fully saturated rings. The number of carbonyl (C=O) groups is 1. The van der Waals surface area contributed by atoms with Crippen LogP contribution in [0.1, 0.15) is 34.0 Å². The minimum absolute atomic E-state index is 0.217. The van der Waals surface area contributed by atoms with Gasteiger partial charge in [-0.3, -0.25) is 19.4 Å². The average molecular weight is 336 g/mol. The van der Waals surface area contributed by atoms with Crippen LogP contribution in [-0.4, -0.2) is 27.2 Å². The summed E-state index contributed by atoms with van der Waals surface area (Å²) in [6.45, 7) is 2.44. The highest BCUT2D eigenvalue weighted by molar-refractivity contribution is 6.05. The summed E-state index contributed by atoms with van der Waals surface area (Å²) in [5.41, 5.74) is 2.64. The largest absolute Gasteiger partial charge is 0.352 e. The second-order valence-corrected chi connectivity index (χ2v) is 6.73. The molecule has 0 saturated heterocycles. The number of aromatic nitrogens is 3. The van der Waals surface area contributed by atoms with Crippen LogP contribution in [0.15, 0.2) is 41.2 Å². The summed E-state index contributed by atoms with van der Waals surface area (Å²) in [5, 5.41) is 6.00. The molecule has 0 spiro atoms. The Morgan fingerprint density at radius 2 is 2.12 bits per heavy atom. The van der Waals surface area contributed by atoms with Crippen molar-refractivity contribution in [3.8, 4) is 0 Å². The maximum Gasteiger partial charge on any atom is 0.274 e. The lowest BCUT2D eigenvalue weighted by Gasteiger charge is -2.07. The number of fused-ring (bicyclic) bond motifs is 1. The Hall–Kier alpha value is -2.89. The number of nitrogens with zero attached hydrogens (tertiary/aromatic N) is 2. The first-order valence-electron chi connectivity index (χ1n) is 8.44. The van der Waals surface area contributed by atoms with Crippen LogP contribution < -0.4 is 10.9 Å². The van der Waals surface area contributed by atoms with Crippen molar-refractivity contribution in [2.24, 2.45) is 13.0 Å². The van der Waals surface area contributed by atoms with Gasteiger partial charge in [-0.15, -0.1) is 0 Å². The number of aryl methyl sites for hydroxylation is 2. The lowest BCUT2D eigenvalue weighted by molar-refractivity contribution is 0.0953. The number of benzene rings is 1. The third-order valence-corrected chi connectivity index (χ3v) is 4.86. The van der Waals surface area contributed by atoms with Crippen LogP contribution >= 0.6 is 0 Å². The number of amides is 1. The van der Waals surface area contributed by atoms with E-state index in [1.54, 1.807) is 17.8 Å². The minimum atomic E-state index is -0.288. The molecule has 2 heterocycles. The highest BCUT2D eigenvalue weighted by Gasteiger charge is 2.38. The fraction of sp³-hybridized carbons (Fsp3) is 0.316. The summed E-state index contributed by atoms with van der Waals surface area (Å²) in [5.74, 6) is 0.755. The summed E-state index contributed by atoms with van der Waals surface area (Å²) >= 11 is 0. The van der Waals surface area contributed by atoms with Gasteiger partial charge < -0.3 is 5.32 Å². The topological polar surface area (TPSA) is 79.8 Å². The molecular weight excluding hydrogens is 316 g/mol. The van der Waals surface area contributed by atoms with Crippen molar-refractivity contribution < 1.29 is 4.79 Å². The Morgan fingerprint density at radius 3 is 2.88 bits per heavy atom. The van der Waals surface area contributed by atoms with Crippen molar-refractivity contribution >= 4 is 16.9 Å². The number of rotatable bonds is 4. The zero-order valence-electron chi connectivity index (χ0n) is 14.2. The quantitative estimate of drug-likeness (QED) is 0.766. The smallest absolute Gasteiger partial charge is 0.274 e. The molecular formula is C19H20N4O2. The van der Waals surface area contributed by atoms with E-state index < -0.39 is 0 Å². The van der Waals surface area contributed by atoms with E-state index in [1.165, 1.54) is 5.56 Å². The molecule has 0 bridgehead atoms. The molecule has 1 aliphatic rings. The van der Waals surface area contributed by atoms with Crippen molar-refractivity contribution in [3.05, 3.63) is 63.6 Å². The molecule has 1 amide bonds. The average Bonchev–Trinajstić information content (AvgIpc) is 3.33. The Kier molecular flexibility index (Phi) is 3.67. The predicted octanol–water partition coefficient (Wildman–Crippen LogP) is 2.10. The van der Waals surface area contributed by atoms with Crippen molar-refractivity contribution in [1.82, 2.24) is 20.1 Å². The maximum absolute atomic E-state index is 12.6. The SMILES string of the molecule is Cc1cc(C(=O)NC[C@@H]2C[C@@H]2c2ccccc2)c2c(=O)[nH]n(C)c2n1. The molecule has 2 aromatic heterocycles. The number of pyridine rings is 1. The second-order valence-electron chi connectivity index (χ2n) is 6.73. The zero-order valence-corrected chi connectivity index (χ0v) is 14.2. The second kappa shape index (κ2) is 5.88. The van der Waals surface area contributed by atoms with Crippen LogP contribution in [0.5, 0.6) is 0 Å². The number of nitrogens with one attached hydrogen (secondary N) is 2. The van der Waals surface area contributed by atoms with E-state index in [2.05, 4.69) is 27.5 Å². The highest BCUT2D eigenvalue weighted by atomic mass is 16.2. The minimum Gasteiger partial charge on any atom is -0.352 e. The fourth-order valence-electron chi connectivity index (χ4n) is 3.46. The summed E-state index contributed by atoms with van der Waals surface area (Å²) < 4.78 is 1.55. The number of carbonyl (C=O) groups excluding carboxylic acids is 1. The van der Waals surface area contributed by atoms with Crippen LogP contribution in [0.25, 0.3) is 11.0 Å². The first-order chi connectivity index (χ1) is 12.0. The number of H-pyrrole nitrogens is 1. The third kappa shape index (κ3) is 2.84. The van der Waals surface area contributed by atoms with E-state index in [9.17, 15) is 9.59 Å². The van der Waals surface area contributed by atoms with Crippen molar-refractivity contribution in [3.63, 3.8) is 0 Å². The van der Waals surface area contributed by atoms with Crippen LogP contribution in [-0.2, 0) is 7.05 Å². The summed E-state index contributed by atoms with van der Waals surface area (Å²) in [4.78, 5) is 29.1. The van der Waals surface area contributed by atoms with Crippen molar-refractivity contribution in [2.75, 3.05) is 6.54 Å². The molecule has 3 aromatic rings. The third-order valence-electron chi connectivity index (χ3n) is 4.86. The summed E-state index contributed by atoms with van der Waals surface area (Å²) in [7, 11) is 1.71. The van der Waals surface area contributed by atoms with Gasteiger partial charge in [0.1, 0.15) is 0 Å². The Labute approximate surface area is 144 Å². The fourth-order valence-corrected chi connectivity index (χ4v) is 3.46. The van der Waals surface area contributed by atoms with Gasteiger partial charge >= 0.3 is 0 Å². The molecule has 0 unspecified atom stereocenters. The molecule has 0 aliphatic heterocycles. The van der Waals surface area contributed by atoms with E-state index >= 15 is 0 Å². The maximum atomic E-state index is 12.6. The van der Waals surface area contributed by atoms with Crippen molar-refractivity contribution in [2.45, 2.75) is 19.3 Å². The van der Waals surface area contributed by atoms with E-state index in [0.717, 1.165) is 6.42 Å². The van der Waals surface area contributed by atoms with Gasteiger partial charge in [-0.1, -0.05) is 30.3 Å². The normalized spacial score (nSPS) is 19.1. The van der Waals surface area contributed by atoms with E-state index in [4.69, 9.17) is 0 Å². The number of hydrogen-bond acceptors (Lipinski definition) is 3. The standard InChI is InChI=1S/C19H20N4O2/c1-11-8-15(16-17(21-11)23(2)22-19(16)25)18(24)20-10-13-9-14(13)12-6-4-3-5-7-12/h3-8,13-14H,9-10H2,1-2H3,(H,20,24)(H,22,25)/t13-,14+/m0/s1. The lowest BCUT2D eigenvalue weighted by Crippen LogP contribution is -2.27. The van der Waals surface area contributed by atoms with Gasteiger partial charge in [-0.2, -0.15) is 0 Å². The number of aromatic amines is 1. The molecule has 1 aliphatic carbocycles. The molecule has 1 saturated carbocycles. The molecule has 128 valence electrons. The van der Waals surface area contributed by atoms with E-state index in [1.807, 2.05) is 25.1 Å². The predicted molar refractivity (Wildman–Crippen MR) is 95.7 cm³/mol. The first kappa shape index (κ1) is 15.6. The van der Waals surface area contributed by atoms with Gasteiger partial charge in [-0.25, -0.2) is 4.98 Å².